The molecule has 2 unspecified atom stereocenters. The first-order chi connectivity index (χ1) is 14.4. The molecule has 4 fully saturated rings. The van der Waals surface area contributed by atoms with Crippen LogP contribution in [0.2, 0.25) is 0 Å². The van der Waals surface area contributed by atoms with Crippen LogP contribution in [-0.4, -0.2) is 49.2 Å². The molecule has 0 amide bonds. The van der Waals surface area contributed by atoms with Gasteiger partial charge < -0.3 is 15.3 Å². The van der Waals surface area contributed by atoms with Crippen LogP contribution in [-0.2, 0) is 14.4 Å². The van der Waals surface area contributed by atoms with Gasteiger partial charge in [-0.25, -0.2) is 0 Å². The molecule has 0 aromatic carbocycles. The Kier molecular flexibility index (Phi) is 6.10. The number of Topliss-reactive ketones (excluding diaryl/α,β-unsaturated/α-hetero) is 2. The average molecular weight is 419 g/mol. The van der Waals surface area contributed by atoms with Gasteiger partial charge in [0, 0.05) is 23.7 Å². The summed E-state index contributed by atoms with van der Waals surface area (Å²) in [4.78, 5) is 31.8. The standard InChI is InChI=1S/C24H38N2O4/c1-23-9-7-15(26-30-12-4-11-25-3)13-19(23)16(14-27)22(29)21-17-5-6-20(28)24(17,2)10-8-18(21)23/h16-19,21,25,27H,4-14H2,1-3H3/t16?,17-,18+,19?,21-,23+,24-/m0/s1. The van der Waals surface area contributed by atoms with Crippen molar-refractivity contribution in [2.24, 2.45) is 45.6 Å². The van der Waals surface area contributed by atoms with E-state index in [-0.39, 0.29) is 46.9 Å². The molecule has 2 N–H and O–H groups in total. The van der Waals surface area contributed by atoms with Gasteiger partial charge in [-0.2, -0.15) is 0 Å². The molecule has 4 aliphatic carbocycles. The summed E-state index contributed by atoms with van der Waals surface area (Å²) in [6.45, 7) is 5.83. The molecule has 7 atom stereocenters. The van der Waals surface area contributed by atoms with Gasteiger partial charge in [-0.3, -0.25) is 9.59 Å². The third kappa shape index (κ3) is 3.35. The predicted octanol–water partition coefficient (Wildman–Crippen LogP) is 2.98. The minimum atomic E-state index is -0.343. The van der Waals surface area contributed by atoms with Crippen molar-refractivity contribution in [3.05, 3.63) is 0 Å². The Morgan fingerprint density at radius 3 is 2.67 bits per heavy atom. The summed E-state index contributed by atoms with van der Waals surface area (Å²) in [6, 6.07) is 0. The van der Waals surface area contributed by atoms with Gasteiger partial charge in [0.2, 0.25) is 0 Å². The number of nitrogens with zero attached hydrogens (tertiary/aromatic N) is 1. The number of fused-ring (bicyclic) bond motifs is 5. The number of hydrogen-bond acceptors (Lipinski definition) is 6. The second-order valence-electron chi connectivity index (χ2n) is 10.6. The lowest BCUT2D eigenvalue weighted by molar-refractivity contribution is -0.166. The fourth-order valence-electron chi connectivity index (χ4n) is 7.50. The number of carbonyl (C=O) groups is 2. The highest BCUT2D eigenvalue weighted by molar-refractivity contribution is 5.93. The number of aliphatic hydroxyl groups excluding tert-OH is 1. The van der Waals surface area contributed by atoms with Crippen molar-refractivity contribution in [2.75, 3.05) is 26.8 Å². The number of rotatable bonds is 6. The Balaban J connectivity index is 1.56. The van der Waals surface area contributed by atoms with E-state index in [1.807, 2.05) is 7.05 Å². The Morgan fingerprint density at radius 2 is 1.93 bits per heavy atom. The van der Waals surface area contributed by atoms with Crippen molar-refractivity contribution in [2.45, 2.75) is 65.2 Å². The molecule has 4 saturated carbocycles. The lowest BCUT2D eigenvalue weighted by atomic mass is 9.43. The van der Waals surface area contributed by atoms with E-state index in [2.05, 4.69) is 24.3 Å². The van der Waals surface area contributed by atoms with E-state index in [1.165, 1.54) is 0 Å². The summed E-state index contributed by atoms with van der Waals surface area (Å²) < 4.78 is 0. The van der Waals surface area contributed by atoms with Crippen molar-refractivity contribution in [1.82, 2.24) is 5.32 Å². The number of nitrogens with one attached hydrogen (secondary N) is 1. The molecule has 168 valence electrons. The molecule has 4 aliphatic rings. The number of ketones is 2. The van der Waals surface area contributed by atoms with E-state index in [0.717, 1.165) is 57.2 Å². The summed E-state index contributed by atoms with van der Waals surface area (Å²) >= 11 is 0. The van der Waals surface area contributed by atoms with Gasteiger partial charge in [0.1, 0.15) is 18.2 Å². The van der Waals surface area contributed by atoms with Gasteiger partial charge in [0.15, 0.2) is 0 Å². The number of hydrogen-bond donors (Lipinski definition) is 2. The zero-order valence-corrected chi connectivity index (χ0v) is 18.8. The summed E-state index contributed by atoms with van der Waals surface area (Å²) in [6.07, 6.45) is 6.85. The molecule has 30 heavy (non-hydrogen) atoms. The van der Waals surface area contributed by atoms with Crippen LogP contribution in [0.25, 0.3) is 0 Å². The molecule has 0 aromatic heterocycles. The van der Waals surface area contributed by atoms with Gasteiger partial charge in [-0.05, 0) is 81.7 Å². The molecule has 0 spiro atoms. The monoisotopic (exact) mass is 418 g/mol. The summed E-state index contributed by atoms with van der Waals surface area (Å²) in [5.74, 6) is 0.750. The molecular weight excluding hydrogens is 380 g/mol. The summed E-state index contributed by atoms with van der Waals surface area (Å²) in [5.41, 5.74) is 0.718. The van der Waals surface area contributed by atoms with Crippen LogP contribution in [0.5, 0.6) is 0 Å². The smallest absolute Gasteiger partial charge is 0.142 e. The first kappa shape index (κ1) is 21.9. The Labute approximate surface area is 180 Å². The lowest BCUT2D eigenvalue weighted by Crippen LogP contribution is -2.61. The van der Waals surface area contributed by atoms with Crippen LogP contribution in [0.15, 0.2) is 5.16 Å². The van der Waals surface area contributed by atoms with Crippen LogP contribution in [0.1, 0.15) is 65.2 Å². The summed E-state index contributed by atoms with van der Waals surface area (Å²) in [7, 11) is 1.92. The Bertz CT molecular complexity index is 722. The molecule has 4 rings (SSSR count). The largest absolute Gasteiger partial charge is 0.396 e. The molecule has 0 aromatic rings. The fourth-order valence-corrected chi connectivity index (χ4v) is 7.50. The van der Waals surface area contributed by atoms with Crippen molar-refractivity contribution in [3.63, 3.8) is 0 Å². The maximum atomic E-state index is 13.7. The van der Waals surface area contributed by atoms with Crippen molar-refractivity contribution in [3.8, 4) is 0 Å². The van der Waals surface area contributed by atoms with Crippen LogP contribution in [0.3, 0.4) is 0 Å². The fraction of sp³-hybridized carbons (Fsp3) is 0.875. The van der Waals surface area contributed by atoms with Gasteiger partial charge in [0.05, 0.1) is 12.3 Å². The average Bonchev–Trinajstić information content (AvgIpc) is 3.04. The highest BCUT2D eigenvalue weighted by atomic mass is 16.6. The third-order valence-corrected chi connectivity index (χ3v) is 9.31. The van der Waals surface area contributed by atoms with Gasteiger partial charge in [0.25, 0.3) is 0 Å². The van der Waals surface area contributed by atoms with E-state index >= 15 is 0 Å². The molecule has 0 bridgehead atoms. The van der Waals surface area contributed by atoms with Crippen LogP contribution in [0.4, 0.5) is 0 Å². The number of oxime groups is 1. The topological polar surface area (TPSA) is 88.0 Å². The molecule has 6 heteroatoms. The maximum Gasteiger partial charge on any atom is 0.142 e. The molecule has 0 heterocycles. The van der Waals surface area contributed by atoms with Crippen LogP contribution >= 0.6 is 0 Å². The van der Waals surface area contributed by atoms with Crippen molar-refractivity contribution in [1.29, 1.82) is 0 Å². The van der Waals surface area contributed by atoms with E-state index in [0.29, 0.717) is 24.7 Å². The zero-order valence-electron chi connectivity index (χ0n) is 18.8. The predicted molar refractivity (Wildman–Crippen MR) is 115 cm³/mol. The van der Waals surface area contributed by atoms with Crippen LogP contribution < -0.4 is 5.32 Å². The second-order valence-corrected chi connectivity index (χ2v) is 10.6. The SMILES string of the molecule is CNCCCON=C1CC[C@@]2(C)C(C1)C(CO)C(=O)[C@@H]1[C@H]2CC[C@]2(C)C(=O)CC[C@@H]12. The van der Waals surface area contributed by atoms with E-state index < -0.39 is 0 Å². The lowest BCUT2D eigenvalue weighted by Gasteiger charge is -2.60. The Morgan fingerprint density at radius 1 is 1.13 bits per heavy atom. The molecule has 6 nitrogen and oxygen atoms in total. The zero-order chi connectivity index (χ0) is 21.5. The van der Waals surface area contributed by atoms with Gasteiger partial charge >= 0.3 is 0 Å². The minimum Gasteiger partial charge on any atom is -0.396 e. The normalized spacial score (nSPS) is 44.5. The molecule has 0 saturated heterocycles. The van der Waals surface area contributed by atoms with Crippen molar-refractivity contribution < 1.29 is 19.5 Å². The Hall–Kier alpha value is -1.27. The first-order valence-corrected chi connectivity index (χ1v) is 11.9. The second kappa shape index (κ2) is 8.34. The number of aliphatic hydroxyl groups is 1. The van der Waals surface area contributed by atoms with E-state index in [1.54, 1.807) is 0 Å². The minimum absolute atomic E-state index is 0.0179. The van der Waals surface area contributed by atoms with E-state index in [9.17, 15) is 14.7 Å². The van der Waals surface area contributed by atoms with Crippen molar-refractivity contribution >= 4 is 17.3 Å². The van der Waals surface area contributed by atoms with Gasteiger partial charge in [-0.15, -0.1) is 0 Å². The summed E-state index contributed by atoms with van der Waals surface area (Å²) in [5, 5.41) is 17.8. The highest BCUT2D eigenvalue weighted by Crippen LogP contribution is 2.65. The van der Waals surface area contributed by atoms with E-state index in [4.69, 9.17) is 4.84 Å². The quantitative estimate of drug-likeness (QED) is 0.511. The van der Waals surface area contributed by atoms with Crippen LogP contribution in [0, 0.1) is 40.4 Å². The molecule has 0 radical (unpaired) electrons. The third-order valence-electron chi connectivity index (χ3n) is 9.31. The number of carbonyl (C=O) groups excluding carboxylic acids is 2. The maximum absolute atomic E-state index is 13.7. The molecule has 0 aliphatic heterocycles. The van der Waals surface area contributed by atoms with Gasteiger partial charge in [-0.1, -0.05) is 19.0 Å². The highest BCUT2D eigenvalue weighted by Gasteiger charge is 2.64. The molecular formula is C24H38N2O4. The first-order valence-electron chi connectivity index (χ1n) is 11.9.